The lowest BCUT2D eigenvalue weighted by molar-refractivity contribution is 0.283. The molecule has 0 aliphatic carbocycles. The number of aromatic nitrogens is 2. The van der Waals surface area contributed by atoms with E-state index in [0.717, 1.165) is 25.8 Å². The van der Waals surface area contributed by atoms with Crippen LogP contribution in [0.3, 0.4) is 0 Å². The summed E-state index contributed by atoms with van der Waals surface area (Å²) < 4.78 is 1.52. The van der Waals surface area contributed by atoms with Crippen LogP contribution in [-0.2, 0) is 7.05 Å². The van der Waals surface area contributed by atoms with Crippen molar-refractivity contribution in [1.82, 2.24) is 9.55 Å². The molecule has 5 nitrogen and oxygen atoms in total. The number of hydrogen-bond donors (Lipinski definition) is 1. The molecular formula is C11H19N3O2. The standard InChI is InChI=1S/C11H19N3O2/c1-13(7-4-3-5-9-15)10-11(16)14(2)8-6-12-10/h6,8,15H,3-5,7,9H2,1-2H3. The summed E-state index contributed by atoms with van der Waals surface area (Å²) in [7, 11) is 3.58. The van der Waals surface area contributed by atoms with E-state index in [0.29, 0.717) is 5.82 Å². The van der Waals surface area contributed by atoms with Crippen molar-refractivity contribution < 1.29 is 5.11 Å². The topological polar surface area (TPSA) is 58.4 Å². The van der Waals surface area contributed by atoms with Crippen molar-refractivity contribution in [3.63, 3.8) is 0 Å². The van der Waals surface area contributed by atoms with Gasteiger partial charge in [-0.3, -0.25) is 4.79 Å². The molecule has 1 heterocycles. The molecule has 0 atom stereocenters. The Kier molecular flexibility index (Phi) is 4.98. The van der Waals surface area contributed by atoms with Gasteiger partial charge in [-0.1, -0.05) is 0 Å². The van der Waals surface area contributed by atoms with E-state index in [2.05, 4.69) is 4.98 Å². The first-order valence-electron chi connectivity index (χ1n) is 5.50. The minimum atomic E-state index is -0.0767. The molecule has 1 rings (SSSR count). The van der Waals surface area contributed by atoms with Crippen LogP contribution in [-0.4, -0.2) is 34.9 Å². The highest BCUT2D eigenvalue weighted by molar-refractivity contribution is 5.33. The van der Waals surface area contributed by atoms with Crippen molar-refractivity contribution in [2.45, 2.75) is 19.3 Å². The SMILES string of the molecule is CN(CCCCCO)c1nccn(C)c1=O. The van der Waals surface area contributed by atoms with Crippen molar-refractivity contribution >= 4 is 5.82 Å². The van der Waals surface area contributed by atoms with Crippen molar-refractivity contribution in [2.75, 3.05) is 25.1 Å². The summed E-state index contributed by atoms with van der Waals surface area (Å²) in [4.78, 5) is 17.7. The second-order valence-electron chi connectivity index (χ2n) is 3.87. The van der Waals surface area contributed by atoms with E-state index in [1.54, 1.807) is 19.4 Å². The van der Waals surface area contributed by atoms with Crippen LogP contribution >= 0.6 is 0 Å². The molecule has 16 heavy (non-hydrogen) atoms. The molecular weight excluding hydrogens is 206 g/mol. The van der Waals surface area contributed by atoms with E-state index in [1.807, 2.05) is 11.9 Å². The molecule has 0 unspecified atom stereocenters. The van der Waals surface area contributed by atoms with Crippen LogP contribution < -0.4 is 10.5 Å². The van der Waals surface area contributed by atoms with Crippen LogP contribution in [0, 0.1) is 0 Å². The lowest BCUT2D eigenvalue weighted by Crippen LogP contribution is -2.30. The molecule has 1 aromatic rings. The Labute approximate surface area is 95.4 Å². The van der Waals surface area contributed by atoms with Gasteiger partial charge in [0.25, 0.3) is 5.56 Å². The van der Waals surface area contributed by atoms with Gasteiger partial charge in [0.05, 0.1) is 0 Å². The molecule has 0 spiro atoms. The summed E-state index contributed by atoms with van der Waals surface area (Å²) in [6, 6.07) is 0. The maximum atomic E-state index is 11.7. The van der Waals surface area contributed by atoms with Crippen LogP contribution in [0.1, 0.15) is 19.3 Å². The van der Waals surface area contributed by atoms with E-state index < -0.39 is 0 Å². The van der Waals surface area contributed by atoms with Gasteiger partial charge in [-0.05, 0) is 19.3 Å². The fraction of sp³-hybridized carbons (Fsp3) is 0.636. The third kappa shape index (κ3) is 3.34. The van der Waals surface area contributed by atoms with E-state index in [-0.39, 0.29) is 12.2 Å². The number of aliphatic hydroxyl groups is 1. The average molecular weight is 225 g/mol. The van der Waals surface area contributed by atoms with E-state index in [1.165, 1.54) is 4.57 Å². The molecule has 0 saturated heterocycles. The minimum absolute atomic E-state index is 0.0767. The van der Waals surface area contributed by atoms with Crippen LogP contribution in [0.15, 0.2) is 17.2 Å². The second kappa shape index (κ2) is 6.27. The van der Waals surface area contributed by atoms with Gasteiger partial charge in [0.1, 0.15) is 0 Å². The first-order chi connectivity index (χ1) is 7.66. The second-order valence-corrected chi connectivity index (χ2v) is 3.87. The number of rotatable bonds is 6. The molecule has 90 valence electrons. The Hall–Kier alpha value is -1.36. The first kappa shape index (κ1) is 12.7. The van der Waals surface area contributed by atoms with Crippen molar-refractivity contribution in [2.24, 2.45) is 7.05 Å². The summed E-state index contributed by atoms with van der Waals surface area (Å²) in [5.74, 6) is 0.481. The molecule has 1 N–H and O–H groups in total. The third-order valence-electron chi connectivity index (χ3n) is 2.51. The van der Waals surface area contributed by atoms with Gasteiger partial charge in [0, 0.05) is 39.6 Å². The molecule has 0 amide bonds. The fourth-order valence-electron chi connectivity index (χ4n) is 1.49. The van der Waals surface area contributed by atoms with E-state index in [9.17, 15) is 4.79 Å². The minimum Gasteiger partial charge on any atom is -0.396 e. The number of unbranched alkanes of at least 4 members (excludes halogenated alkanes) is 2. The number of aliphatic hydroxyl groups excluding tert-OH is 1. The van der Waals surface area contributed by atoms with Crippen molar-refractivity contribution in [3.8, 4) is 0 Å². The maximum Gasteiger partial charge on any atom is 0.293 e. The Morgan fingerprint density at radius 2 is 2.19 bits per heavy atom. The Balaban J connectivity index is 2.56. The molecule has 1 aromatic heterocycles. The predicted octanol–water partition coefficient (Wildman–Crippen LogP) is 0.379. The van der Waals surface area contributed by atoms with Crippen LogP contribution in [0.4, 0.5) is 5.82 Å². The van der Waals surface area contributed by atoms with Gasteiger partial charge in [-0.2, -0.15) is 0 Å². The molecule has 0 saturated carbocycles. The zero-order chi connectivity index (χ0) is 12.0. The van der Waals surface area contributed by atoms with Gasteiger partial charge in [0.2, 0.25) is 0 Å². The number of anilines is 1. The lowest BCUT2D eigenvalue weighted by atomic mass is 10.2. The normalized spacial score (nSPS) is 10.4. The summed E-state index contributed by atoms with van der Waals surface area (Å²) in [6.07, 6.45) is 6.01. The molecule has 0 aromatic carbocycles. The van der Waals surface area contributed by atoms with Gasteiger partial charge >= 0.3 is 0 Å². The van der Waals surface area contributed by atoms with Gasteiger partial charge in [0.15, 0.2) is 5.82 Å². The zero-order valence-corrected chi connectivity index (χ0v) is 9.89. The highest BCUT2D eigenvalue weighted by atomic mass is 16.2. The van der Waals surface area contributed by atoms with Gasteiger partial charge < -0.3 is 14.6 Å². The quantitative estimate of drug-likeness (QED) is 0.711. The Morgan fingerprint density at radius 3 is 2.88 bits per heavy atom. The first-order valence-corrected chi connectivity index (χ1v) is 5.50. The van der Waals surface area contributed by atoms with Crippen molar-refractivity contribution in [3.05, 3.63) is 22.7 Å². The van der Waals surface area contributed by atoms with Gasteiger partial charge in [-0.15, -0.1) is 0 Å². The zero-order valence-electron chi connectivity index (χ0n) is 9.89. The average Bonchev–Trinajstić information content (AvgIpc) is 2.28. The summed E-state index contributed by atoms with van der Waals surface area (Å²) in [5, 5.41) is 8.65. The van der Waals surface area contributed by atoms with E-state index in [4.69, 9.17) is 5.11 Å². The Morgan fingerprint density at radius 1 is 1.44 bits per heavy atom. The Bertz CT molecular complexity index is 376. The summed E-state index contributed by atoms with van der Waals surface area (Å²) in [6.45, 7) is 1.02. The molecule has 0 fully saturated rings. The number of hydrogen-bond acceptors (Lipinski definition) is 4. The predicted molar refractivity (Wildman–Crippen MR) is 63.7 cm³/mol. The van der Waals surface area contributed by atoms with Gasteiger partial charge in [-0.25, -0.2) is 4.98 Å². The van der Waals surface area contributed by atoms with E-state index >= 15 is 0 Å². The monoisotopic (exact) mass is 225 g/mol. The number of aryl methyl sites for hydroxylation is 1. The number of nitrogens with zero attached hydrogens (tertiary/aromatic N) is 3. The van der Waals surface area contributed by atoms with Crippen molar-refractivity contribution in [1.29, 1.82) is 0 Å². The van der Waals surface area contributed by atoms with Crippen LogP contribution in [0.25, 0.3) is 0 Å². The maximum absolute atomic E-state index is 11.7. The summed E-state index contributed by atoms with van der Waals surface area (Å²) in [5.41, 5.74) is -0.0767. The van der Waals surface area contributed by atoms with Crippen LogP contribution in [0.5, 0.6) is 0 Å². The smallest absolute Gasteiger partial charge is 0.293 e. The molecule has 0 aliphatic rings. The highest BCUT2D eigenvalue weighted by Crippen LogP contribution is 2.03. The molecule has 0 aliphatic heterocycles. The molecule has 0 bridgehead atoms. The van der Waals surface area contributed by atoms with Crippen LogP contribution in [0.2, 0.25) is 0 Å². The third-order valence-corrected chi connectivity index (χ3v) is 2.51. The highest BCUT2D eigenvalue weighted by Gasteiger charge is 2.07. The molecule has 0 radical (unpaired) electrons. The molecule has 5 heteroatoms. The lowest BCUT2D eigenvalue weighted by Gasteiger charge is -2.17. The largest absolute Gasteiger partial charge is 0.396 e. The fourth-order valence-corrected chi connectivity index (χ4v) is 1.49. The summed E-state index contributed by atoms with van der Waals surface area (Å²) >= 11 is 0.